The zero-order valence-electron chi connectivity index (χ0n) is 25.3. The van der Waals surface area contributed by atoms with Gasteiger partial charge in [-0.3, -0.25) is 9.59 Å². The van der Waals surface area contributed by atoms with Crippen molar-refractivity contribution in [3.63, 3.8) is 0 Å². The number of unbranched alkanes of at least 4 members (excludes halogenated alkanes) is 3. The highest BCUT2D eigenvalue weighted by Crippen LogP contribution is 2.64. The molecule has 0 aromatic carbocycles. The highest BCUT2D eigenvalue weighted by molar-refractivity contribution is 5.88. The lowest BCUT2D eigenvalue weighted by Crippen LogP contribution is -2.66. The van der Waals surface area contributed by atoms with Gasteiger partial charge in [0.1, 0.15) is 12.2 Å². The largest absolute Gasteiger partial charge is 0.462 e. The van der Waals surface area contributed by atoms with Crippen LogP contribution in [0.1, 0.15) is 99.3 Å². The molecule has 3 fully saturated rings. The molecule has 2 heterocycles. The van der Waals surface area contributed by atoms with Gasteiger partial charge in [0.2, 0.25) is 0 Å². The zero-order valence-corrected chi connectivity index (χ0v) is 25.3. The third kappa shape index (κ3) is 5.34. The topological polar surface area (TPSA) is 152 Å². The van der Waals surface area contributed by atoms with E-state index in [0.29, 0.717) is 18.4 Å². The fraction of sp³-hybridized carbons (Fsp3) is 0.839. The van der Waals surface area contributed by atoms with Gasteiger partial charge in [-0.25, -0.2) is 4.79 Å². The lowest BCUT2D eigenvalue weighted by atomic mass is 9.53. The van der Waals surface area contributed by atoms with Crippen molar-refractivity contribution in [3.8, 4) is 0 Å². The minimum atomic E-state index is -1.44. The van der Waals surface area contributed by atoms with E-state index in [1.54, 1.807) is 26.8 Å². The Kier molecular flexibility index (Phi) is 9.29. The molecular formula is C31H48O10. The predicted octanol–water partition coefficient (Wildman–Crippen LogP) is 3.13. The number of aliphatic hydroxyl groups is 3. The first-order valence-corrected chi connectivity index (χ1v) is 15.3. The minimum Gasteiger partial charge on any atom is -0.462 e. The van der Waals surface area contributed by atoms with Crippen molar-refractivity contribution >= 4 is 17.9 Å². The van der Waals surface area contributed by atoms with Crippen LogP contribution in [-0.2, 0) is 33.3 Å². The summed E-state index contributed by atoms with van der Waals surface area (Å²) in [7, 11) is 0. The Balaban J connectivity index is 1.73. The maximum Gasteiger partial charge on any atom is 0.342 e. The smallest absolute Gasteiger partial charge is 0.342 e. The fourth-order valence-electron chi connectivity index (χ4n) is 7.60. The van der Waals surface area contributed by atoms with Crippen molar-refractivity contribution in [1.29, 1.82) is 0 Å². The Morgan fingerprint density at radius 1 is 0.976 bits per heavy atom. The number of ether oxygens (including phenoxy) is 4. The van der Waals surface area contributed by atoms with Gasteiger partial charge in [0.05, 0.1) is 18.3 Å². The highest BCUT2D eigenvalue weighted by atomic mass is 16.7. The minimum absolute atomic E-state index is 0.0348. The monoisotopic (exact) mass is 580 g/mol. The molecule has 0 unspecified atom stereocenters. The number of rotatable bonds is 9. The summed E-state index contributed by atoms with van der Waals surface area (Å²) in [6.45, 7) is 10.8. The van der Waals surface area contributed by atoms with Gasteiger partial charge in [0.25, 0.3) is 0 Å². The Labute approximate surface area is 242 Å². The number of esters is 3. The molecule has 0 bridgehead atoms. The molecule has 232 valence electrons. The summed E-state index contributed by atoms with van der Waals surface area (Å²) in [6.07, 6.45) is -0.190. The Morgan fingerprint density at radius 3 is 2.27 bits per heavy atom. The van der Waals surface area contributed by atoms with Crippen molar-refractivity contribution in [2.75, 3.05) is 0 Å². The number of aliphatic hydroxyl groups excluding tert-OH is 3. The summed E-state index contributed by atoms with van der Waals surface area (Å²) in [5.74, 6) is -2.92. The lowest BCUT2D eigenvalue weighted by Gasteiger charge is -2.56. The van der Waals surface area contributed by atoms with Crippen LogP contribution in [0.5, 0.6) is 0 Å². The van der Waals surface area contributed by atoms with E-state index in [1.165, 1.54) is 0 Å². The van der Waals surface area contributed by atoms with Crippen molar-refractivity contribution in [1.82, 2.24) is 0 Å². The molecule has 10 heteroatoms. The molecule has 0 aromatic rings. The van der Waals surface area contributed by atoms with Gasteiger partial charge in [-0.05, 0) is 38.7 Å². The molecular weight excluding hydrogens is 532 g/mol. The second kappa shape index (κ2) is 11.9. The molecule has 11 atom stereocenters. The molecule has 1 spiro atoms. The van der Waals surface area contributed by atoms with Gasteiger partial charge in [-0.1, -0.05) is 52.5 Å². The van der Waals surface area contributed by atoms with Crippen LogP contribution in [0.15, 0.2) is 11.6 Å². The van der Waals surface area contributed by atoms with Crippen LogP contribution in [-0.4, -0.2) is 81.1 Å². The number of hydrogen-bond acceptors (Lipinski definition) is 10. The molecule has 4 aliphatic rings. The Bertz CT molecular complexity index is 1040. The Morgan fingerprint density at radius 2 is 1.63 bits per heavy atom. The van der Waals surface area contributed by atoms with Crippen molar-refractivity contribution in [2.24, 2.45) is 17.3 Å². The van der Waals surface area contributed by atoms with Gasteiger partial charge >= 0.3 is 17.9 Å². The first kappa shape index (κ1) is 31.9. The third-order valence-corrected chi connectivity index (χ3v) is 10.2. The summed E-state index contributed by atoms with van der Waals surface area (Å²) in [6, 6.07) is 0. The van der Waals surface area contributed by atoms with Crippen LogP contribution >= 0.6 is 0 Å². The molecule has 2 aliphatic heterocycles. The highest BCUT2D eigenvalue weighted by Gasteiger charge is 2.86. The van der Waals surface area contributed by atoms with E-state index in [9.17, 15) is 29.7 Å². The molecule has 0 radical (unpaired) electrons. The number of carbonyl (C=O) groups is 3. The van der Waals surface area contributed by atoms with Crippen LogP contribution in [0.4, 0.5) is 0 Å². The van der Waals surface area contributed by atoms with Crippen LogP contribution in [0.2, 0.25) is 0 Å². The molecule has 4 rings (SSSR count). The van der Waals surface area contributed by atoms with E-state index in [4.69, 9.17) is 18.9 Å². The predicted molar refractivity (Wildman–Crippen MR) is 147 cm³/mol. The van der Waals surface area contributed by atoms with Gasteiger partial charge in [-0.15, -0.1) is 0 Å². The van der Waals surface area contributed by atoms with Crippen molar-refractivity contribution in [2.45, 2.75) is 147 Å². The van der Waals surface area contributed by atoms with E-state index in [-0.39, 0.29) is 31.7 Å². The fourth-order valence-corrected chi connectivity index (χ4v) is 7.60. The van der Waals surface area contributed by atoms with E-state index < -0.39 is 77.0 Å². The maximum absolute atomic E-state index is 12.9. The second-order valence-corrected chi connectivity index (χ2v) is 13.0. The van der Waals surface area contributed by atoms with Gasteiger partial charge in [0.15, 0.2) is 17.3 Å². The number of hydrogen-bond donors (Lipinski definition) is 3. The average molecular weight is 581 g/mol. The zero-order chi connectivity index (χ0) is 30.3. The molecule has 2 aliphatic carbocycles. The average Bonchev–Trinajstić information content (AvgIpc) is 3.50. The summed E-state index contributed by atoms with van der Waals surface area (Å²) < 4.78 is 23.4. The SMILES string of the molecule is CCCCCCC(=O)O[C@H]1C[C@H](O)[C@@]2(C)[C@H]([C@H]1C)[C@H](O)[C@]13O[C@]1(C)C(=O)O[C@H]3/C=C(/C)C[C@H](OC(=O)CCC)[C@@H]2O. The molecule has 1 saturated carbocycles. The van der Waals surface area contributed by atoms with Gasteiger partial charge in [-0.2, -0.15) is 0 Å². The molecule has 41 heavy (non-hydrogen) atoms. The number of fused-ring (bicyclic) bond motifs is 1. The summed E-state index contributed by atoms with van der Waals surface area (Å²) in [5.41, 5.74) is -3.59. The van der Waals surface area contributed by atoms with E-state index in [2.05, 4.69) is 6.92 Å². The molecule has 10 nitrogen and oxygen atoms in total. The summed E-state index contributed by atoms with van der Waals surface area (Å²) >= 11 is 0. The molecule has 0 amide bonds. The maximum atomic E-state index is 12.9. The lowest BCUT2D eigenvalue weighted by molar-refractivity contribution is -0.232. The molecule has 0 aromatic heterocycles. The number of carbonyl (C=O) groups excluding carboxylic acids is 3. The first-order valence-electron chi connectivity index (χ1n) is 15.3. The van der Waals surface area contributed by atoms with Crippen LogP contribution in [0.3, 0.4) is 0 Å². The van der Waals surface area contributed by atoms with E-state index in [1.807, 2.05) is 13.8 Å². The first-order chi connectivity index (χ1) is 19.3. The van der Waals surface area contributed by atoms with Crippen molar-refractivity contribution in [3.05, 3.63) is 11.6 Å². The van der Waals surface area contributed by atoms with Crippen LogP contribution in [0, 0.1) is 17.3 Å². The number of epoxide rings is 1. The second-order valence-electron chi connectivity index (χ2n) is 13.0. The van der Waals surface area contributed by atoms with Gasteiger partial charge < -0.3 is 34.3 Å². The van der Waals surface area contributed by atoms with Crippen LogP contribution in [0.25, 0.3) is 0 Å². The van der Waals surface area contributed by atoms with Gasteiger partial charge in [0, 0.05) is 37.0 Å². The molecule has 3 N–H and O–H groups in total. The molecule has 2 saturated heterocycles. The van der Waals surface area contributed by atoms with Crippen LogP contribution < -0.4 is 0 Å². The summed E-state index contributed by atoms with van der Waals surface area (Å²) in [5, 5.41) is 35.8. The van der Waals surface area contributed by atoms with E-state index in [0.717, 1.165) is 19.3 Å². The standard InChI is InChI=1S/C31H48O10/c1-7-9-10-11-13-24(34)38-19-16-21(32)29(5)25(18(19)4)27(36)31-22(40-28(37)30(31,6)41-31)15-17(3)14-20(26(29)35)39-23(33)12-8-2/h15,18-22,25-27,32,35-36H,7-14,16H2,1-6H3/b17-15-/t18-,19-,20-,21-,22-,25+,26-,27-,29-,30+,31-/m0/s1. The van der Waals surface area contributed by atoms with E-state index >= 15 is 0 Å². The normalized spacial score (nSPS) is 44.8. The quantitative estimate of drug-likeness (QED) is 0.122. The Hall–Kier alpha value is -2.01. The van der Waals surface area contributed by atoms with Crippen molar-refractivity contribution < 1.29 is 48.7 Å². The summed E-state index contributed by atoms with van der Waals surface area (Å²) in [4.78, 5) is 38.3. The third-order valence-electron chi connectivity index (χ3n) is 10.2.